The first kappa shape index (κ1) is 14.4. The molecule has 0 bridgehead atoms. The number of amides is 2. The Hall–Kier alpha value is -2.03. The van der Waals surface area contributed by atoms with Crippen molar-refractivity contribution in [1.29, 1.82) is 0 Å². The van der Waals surface area contributed by atoms with Crippen molar-refractivity contribution < 1.29 is 23.1 Å². The van der Waals surface area contributed by atoms with Gasteiger partial charge in [-0.25, -0.2) is 18.0 Å². The molecule has 1 saturated heterocycles. The molecule has 1 aromatic rings. The van der Waals surface area contributed by atoms with Gasteiger partial charge in [-0.05, 0) is 19.4 Å². The van der Waals surface area contributed by atoms with Crippen LogP contribution in [0.1, 0.15) is 22.6 Å². The number of H-pyrrole nitrogens is 1. The summed E-state index contributed by atoms with van der Waals surface area (Å²) in [6, 6.07) is 0.441. The minimum absolute atomic E-state index is 0.0571. The van der Waals surface area contributed by atoms with Crippen molar-refractivity contribution in [2.45, 2.75) is 19.4 Å². The summed E-state index contributed by atoms with van der Waals surface area (Å²) < 4.78 is 22.5. The lowest BCUT2D eigenvalue weighted by molar-refractivity contribution is 0.0692. The number of carbonyl (C=O) groups excluding carboxylic acids is 1. The van der Waals surface area contributed by atoms with Crippen LogP contribution >= 0.6 is 0 Å². The fourth-order valence-corrected chi connectivity index (χ4v) is 3.78. The third kappa shape index (κ3) is 3.29. The van der Waals surface area contributed by atoms with E-state index in [-0.39, 0.29) is 22.9 Å². The van der Waals surface area contributed by atoms with Crippen LogP contribution in [0.3, 0.4) is 0 Å². The fraction of sp³-hybridized carbons (Fsp3) is 0.455. The summed E-state index contributed by atoms with van der Waals surface area (Å²) in [5.74, 6) is -1.21. The highest BCUT2D eigenvalue weighted by atomic mass is 32.2. The molecule has 1 aromatic heterocycles. The van der Waals surface area contributed by atoms with E-state index in [4.69, 9.17) is 5.11 Å². The van der Waals surface area contributed by atoms with Gasteiger partial charge in [0.2, 0.25) is 0 Å². The highest BCUT2D eigenvalue weighted by molar-refractivity contribution is 7.91. The first-order valence-electron chi connectivity index (χ1n) is 5.98. The zero-order chi connectivity index (χ0) is 14.9. The summed E-state index contributed by atoms with van der Waals surface area (Å²) in [5, 5.41) is 13.9. The van der Waals surface area contributed by atoms with Crippen LogP contribution in [0, 0.1) is 6.92 Å². The topological polar surface area (TPSA) is 128 Å². The first-order chi connectivity index (χ1) is 9.27. The highest BCUT2D eigenvalue weighted by Crippen LogP contribution is 2.17. The third-order valence-corrected chi connectivity index (χ3v) is 4.75. The highest BCUT2D eigenvalue weighted by Gasteiger charge is 2.29. The van der Waals surface area contributed by atoms with Crippen molar-refractivity contribution in [3.63, 3.8) is 0 Å². The third-order valence-electron chi connectivity index (χ3n) is 2.98. The summed E-state index contributed by atoms with van der Waals surface area (Å²) in [6.45, 7) is 1.67. The average molecular weight is 301 g/mol. The Kier molecular flexibility index (Phi) is 3.71. The maximum atomic E-state index is 11.7. The summed E-state index contributed by atoms with van der Waals surface area (Å²) in [7, 11) is -3.07. The van der Waals surface area contributed by atoms with Gasteiger partial charge in [0, 0.05) is 11.7 Å². The molecule has 2 rings (SSSR count). The molecular formula is C11H15N3O5S. The standard InChI is InChI=1S/C11H15N3O5S/c1-6-4-8(9(12-6)10(15)16)14-11(17)13-7-2-3-20(18,19)5-7/h4,7,12H,2-3,5H2,1H3,(H,15,16)(H2,13,14,17). The van der Waals surface area contributed by atoms with Crippen molar-refractivity contribution in [2.75, 3.05) is 16.8 Å². The molecule has 0 spiro atoms. The van der Waals surface area contributed by atoms with Crippen LogP contribution in [-0.2, 0) is 9.84 Å². The van der Waals surface area contributed by atoms with Crippen LogP contribution in [0.15, 0.2) is 6.07 Å². The van der Waals surface area contributed by atoms with Crippen molar-refractivity contribution in [1.82, 2.24) is 10.3 Å². The number of carboxylic acids is 1. The smallest absolute Gasteiger partial charge is 0.354 e. The summed E-state index contributed by atoms with van der Waals surface area (Å²) in [6.07, 6.45) is 0.369. The lowest BCUT2D eigenvalue weighted by Gasteiger charge is -2.11. The van der Waals surface area contributed by atoms with Crippen LogP contribution in [0.25, 0.3) is 0 Å². The molecule has 0 radical (unpaired) electrons. The molecule has 20 heavy (non-hydrogen) atoms. The van der Waals surface area contributed by atoms with E-state index in [2.05, 4.69) is 15.6 Å². The molecule has 110 valence electrons. The normalized spacial score (nSPS) is 20.6. The van der Waals surface area contributed by atoms with Crippen LogP contribution < -0.4 is 10.6 Å². The zero-order valence-corrected chi connectivity index (χ0v) is 11.6. The molecule has 1 unspecified atom stereocenters. The second kappa shape index (κ2) is 5.16. The largest absolute Gasteiger partial charge is 0.477 e. The zero-order valence-electron chi connectivity index (χ0n) is 10.8. The van der Waals surface area contributed by atoms with Crippen molar-refractivity contribution >= 4 is 27.5 Å². The van der Waals surface area contributed by atoms with Gasteiger partial charge in [-0.2, -0.15) is 0 Å². The predicted molar refractivity (Wildman–Crippen MR) is 71.7 cm³/mol. The Morgan fingerprint density at radius 3 is 2.70 bits per heavy atom. The number of aryl methyl sites for hydroxylation is 1. The van der Waals surface area contributed by atoms with Gasteiger partial charge in [0.05, 0.1) is 17.2 Å². The van der Waals surface area contributed by atoms with E-state index < -0.39 is 27.9 Å². The molecule has 1 aliphatic heterocycles. The molecule has 8 nitrogen and oxygen atoms in total. The molecular weight excluding hydrogens is 286 g/mol. The molecule has 4 N–H and O–H groups in total. The van der Waals surface area contributed by atoms with E-state index in [1.54, 1.807) is 6.92 Å². The van der Waals surface area contributed by atoms with Gasteiger partial charge in [0.25, 0.3) is 0 Å². The molecule has 2 amide bonds. The van der Waals surface area contributed by atoms with E-state index in [1.165, 1.54) is 6.07 Å². The number of urea groups is 1. The number of anilines is 1. The van der Waals surface area contributed by atoms with Crippen molar-refractivity contribution in [2.24, 2.45) is 0 Å². The number of nitrogens with one attached hydrogen (secondary N) is 3. The lowest BCUT2D eigenvalue weighted by atomic mass is 10.3. The molecule has 1 aliphatic rings. The van der Waals surface area contributed by atoms with Crippen molar-refractivity contribution in [3.8, 4) is 0 Å². The lowest BCUT2D eigenvalue weighted by Crippen LogP contribution is -2.38. The summed E-state index contributed by atoms with van der Waals surface area (Å²) in [5.41, 5.74) is 0.631. The molecule has 9 heteroatoms. The van der Waals surface area contributed by atoms with Crippen LogP contribution in [0.5, 0.6) is 0 Å². The average Bonchev–Trinajstić information content (AvgIpc) is 2.82. The quantitative estimate of drug-likeness (QED) is 0.639. The van der Waals surface area contributed by atoms with Crippen LogP contribution in [-0.4, -0.2) is 48.1 Å². The minimum atomic E-state index is -3.07. The number of hydrogen-bond donors (Lipinski definition) is 4. The van der Waals surface area contributed by atoms with Gasteiger partial charge in [0.15, 0.2) is 9.84 Å². The number of rotatable bonds is 3. The van der Waals surface area contributed by atoms with Gasteiger partial charge in [-0.3, -0.25) is 0 Å². The van der Waals surface area contributed by atoms with Crippen molar-refractivity contribution in [3.05, 3.63) is 17.5 Å². The molecule has 1 fully saturated rings. The van der Waals surface area contributed by atoms with Gasteiger partial charge >= 0.3 is 12.0 Å². The van der Waals surface area contributed by atoms with Gasteiger partial charge in [-0.1, -0.05) is 0 Å². The SMILES string of the molecule is Cc1cc(NC(=O)NC2CCS(=O)(=O)C2)c(C(=O)O)[nH]1. The van der Waals surface area contributed by atoms with E-state index in [9.17, 15) is 18.0 Å². The van der Waals surface area contributed by atoms with Gasteiger partial charge in [-0.15, -0.1) is 0 Å². The molecule has 1 atom stereocenters. The Labute approximate surface area is 115 Å². The van der Waals surface area contributed by atoms with Gasteiger partial charge in [0.1, 0.15) is 5.69 Å². The van der Waals surface area contributed by atoms with Gasteiger partial charge < -0.3 is 20.7 Å². The number of carbonyl (C=O) groups is 2. The molecule has 0 saturated carbocycles. The maximum absolute atomic E-state index is 11.7. The fourth-order valence-electron chi connectivity index (χ4n) is 2.11. The maximum Gasteiger partial charge on any atom is 0.354 e. The van der Waals surface area contributed by atoms with Crippen LogP contribution in [0.2, 0.25) is 0 Å². The number of aromatic amines is 1. The van der Waals surface area contributed by atoms with E-state index in [0.717, 1.165) is 0 Å². The Morgan fingerprint density at radius 2 is 2.15 bits per heavy atom. The number of aromatic nitrogens is 1. The summed E-state index contributed by atoms with van der Waals surface area (Å²) in [4.78, 5) is 25.3. The van der Waals surface area contributed by atoms with E-state index in [1.807, 2.05) is 0 Å². The summed E-state index contributed by atoms with van der Waals surface area (Å²) >= 11 is 0. The number of aromatic carboxylic acids is 1. The van der Waals surface area contributed by atoms with E-state index in [0.29, 0.717) is 12.1 Å². The minimum Gasteiger partial charge on any atom is -0.477 e. The Bertz CT molecular complexity index is 649. The second-order valence-electron chi connectivity index (χ2n) is 4.74. The number of sulfone groups is 1. The first-order valence-corrected chi connectivity index (χ1v) is 7.80. The predicted octanol–water partition coefficient (Wildman–Crippen LogP) is 0.330. The van der Waals surface area contributed by atoms with Crippen LogP contribution in [0.4, 0.5) is 10.5 Å². The second-order valence-corrected chi connectivity index (χ2v) is 6.97. The number of hydrogen-bond acceptors (Lipinski definition) is 4. The Balaban J connectivity index is 2.00. The van der Waals surface area contributed by atoms with E-state index >= 15 is 0 Å². The number of carboxylic acid groups (broad SMARTS) is 1. The monoisotopic (exact) mass is 301 g/mol. The molecule has 0 aliphatic carbocycles. The molecule has 2 heterocycles. The molecule has 0 aromatic carbocycles. The Morgan fingerprint density at radius 1 is 1.45 bits per heavy atom.